The molecule has 2 heterocycles. The normalized spacial score (nSPS) is 15.3. The zero-order valence-corrected chi connectivity index (χ0v) is 21.1. The van der Waals surface area contributed by atoms with Gasteiger partial charge in [-0.15, -0.1) is 0 Å². The molecule has 2 aromatic heterocycles. The summed E-state index contributed by atoms with van der Waals surface area (Å²) in [5.74, 6) is -1.34. The first-order valence-electron chi connectivity index (χ1n) is 11.5. The summed E-state index contributed by atoms with van der Waals surface area (Å²) in [5.41, 5.74) is 2.07. The lowest BCUT2D eigenvalue weighted by atomic mass is 10.0. The van der Waals surface area contributed by atoms with E-state index in [-0.39, 0.29) is 16.8 Å². The molecular formula is C26H24FN3O4S2. The van der Waals surface area contributed by atoms with Crippen LogP contribution in [0.25, 0.3) is 22.2 Å². The predicted octanol–water partition coefficient (Wildman–Crippen LogP) is 5.02. The van der Waals surface area contributed by atoms with Crippen molar-refractivity contribution in [3.63, 3.8) is 0 Å². The Hall–Kier alpha value is -3.37. The molecule has 1 saturated carbocycles. The lowest BCUT2D eigenvalue weighted by Crippen LogP contribution is -2.25. The van der Waals surface area contributed by atoms with E-state index in [0.29, 0.717) is 34.3 Å². The summed E-state index contributed by atoms with van der Waals surface area (Å²) in [6, 6.07) is 12.6. The third-order valence-electron chi connectivity index (χ3n) is 6.49. The predicted molar refractivity (Wildman–Crippen MR) is 138 cm³/mol. The van der Waals surface area contributed by atoms with Crippen molar-refractivity contribution in [2.45, 2.75) is 35.8 Å². The van der Waals surface area contributed by atoms with Crippen molar-refractivity contribution < 1.29 is 21.8 Å². The van der Waals surface area contributed by atoms with E-state index in [1.54, 1.807) is 36.7 Å². The van der Waals surface area contributed by atoms with Crippen molar-refractivity contribution >= 4 is 43.3 Å². The van der Waals surface area contributed by atoms with Crippen LogP contribution in [-0.2, 0) is 20.8 Å². The van der Waals surface area contributed by atoms with Gasteiger partial charge in [-0.3, -0.25) is 13.7 Å². The number of rotatable bonds is 7. The molecule has 1 atom stereocenters. The van der Waals surface area contributed by atoms with Gasteiger partial charge in [0.2, 0.25) is 10.0 Å². The molecule has 186 valence electrons. The molecule has 0 spiro atoms. The van der Waals surface area contributed by atoms with Crippen molar-refractivity contribution in [3.8, 4) is 11.1 Å². The number of H-pyrrole nitrogens is 1. The van der Waals surface area contributed by atoms with Gasteiger partial charge in [-0.1, -0.05) is 25.0 Å². The number of ketones is 1. The summed E-state index contributed by atoms with van der Waals surface area (Å²) in [5, 5.41) is 0.0142. The van der Waals surface area contributed by atoms with Crippen LogP contribution in [0.4, 0.5) is 10.1 Å². The van der Waals surface area contributed by atoms with Crippen LogP contribution in [-0.4, -0.2) is 39.9 Å². The van der Waals surface area contributed by atoms with Crippen LogP contribution in [0.1, 0.15) is 41.6 Å². The first-order chi connectivity index (χ1) is 17.2. The quantitative estimate of drug-likeness (QED) is 0.329. The molecule has 0 amide bonds. The lowest BCUT2D eigenvalue weighted by Gasteiger charge is -2.14. The van der Waals surface area contributed by atoms with Gasteiger partial charge >= 0.3 is 0 Å². The largest absolute Gasteiger partial charge is 0.345 e. The Morgan fingerprint density at radius 1 is 1.08 bits per heavy atom. The monoisotopic (exact) mass is 525 g/mol. The molecule has 10 heteroatoms. The van der Waals surface area contributed by atoms with Gasteiger partial charge in [-0.25, -0.2) is 17.8 Å². The van der Waals surface area contributed by atoms with E-state index in [4.69, 9.17) is 0 Å². The number of fused-ring (bicyclic) bond motifs is 1. The third kappa shape index (κ3) is 4.70. The maximum absolute atomic E-state index is 14.8. The molecule has 7 nitrogen and oxygen atoms in total. The SMILES string of the molecule is CS(=O)c1cccc(-c2cnc3[nH]cc(C(=O)c4cc(NS(=O)(=O)C5CCCC5)ccc4F)c3c2)c1. The average molecular weight is 526 g/mol. The molecule has 1 fully saturated rings. The van der Waals surface area contributed by atoms with Crippen molar-refractivity contribution in [2.24, 2.45) is 0 Å². The summed E-state index contributed by atoms with van der Waals surface area (Å²) in [4.78, 5) is 21.4. The number of nitrogens with one attached hydrogen (secondary N) is 2. The minimum absolute atomic E-state index is 0.148. The topological polar surface area (TPSA) is 109 Å². The minimum atomic E-state index is -3.62. The number of benzene rings is 2. The van der Waals surface area contributed by atoms with Gasteiger partial charge in [0.1, 0.15) is 11.5 Å². The third-order valence-corrected chi connectivity index (χ3v) is 9.27. The highest BCUT2D eigenvalue weighted by molar-refractivity contribution is 7.93. The van der Waals surface area contributed by atoms with E-state index in [2.05, 4.69) is 14.7 Å². The van der Waals surface area contributed by atoms with Gasteiger partial charge in [0.25, 0.3) is 0 Å². The Morgan fingerprint density at radius 2 is 1.86 bits per heavy atom. The Balaban J connectivity index is 1.50. The lowest BCUT2D eigenvalue weighted by molar-refractivity contribution is 0.103. The number of aromatic nitrogens is 2. The van der Waals surface area contributed by atoms with Gasteiger partial charge in [-0.05, 0) is 54.8 Å². The number of carbonyl (C=O) groups excluding carboxylic acids is 1. The summed E-state index contributed by atoms with van der Waals surface area (Å²) < 4.78 is 54.5. The van der Waals surface area contributed by atoms with Crippen LogP contribution < -0.4 is 4.72 Å². The second kappa shape index (κ2) is 9.59. The molecular weight excluding hydrogens is 501 g/mol. The summed E-state index contributed by atoms with van der Waals surface area (Å²) >= 11 is 0. The number of pyridine rings is 1. The number of anilines is 1. The van der Waals surface area contributed by atoms with Crippen molar-refractivity contribution in [1.29, 1.82) is 0 Å². The number of carbonyl (C=O) groups is 1. The molecule has 36 heavy (non-hydrogen) atoms. The Bertz CT molecular complexity index is 1610. The standard InChI is InChI=1S/C26H24FN3O4S2/c1-35(32)19-6-4-5-16(11-19)17-12-21-23(15-29-26(21)28-14-17)25(31)22-13-18(9-10-24(22)27)30-36(33,34)20-7-2-3-8-20/h4-6,9-15,20,30H,2-3,7-8H2,1H3,(H,28,29). The van der Waals surface area contributed by atoms with Gasteiger partial charge in [0, 0.05) is 56.5 Å². The molecule has 4 aromatic rings. The van der Waals surface area contributed by atoms with Crippen LogP contribution >= 0.6 is 0 Å². The van der Waals surface area contributed by atoms with Crippen LogP contribution in [0.15, 0.2) is 65.8 Å². The molecule has 5 rings (SSSR count). The first kappa shape index (κ1) is 24.3. The fourth-order valence-corrected chi connectivity index (χ4v) is 6.70. The molecule has 0 aliphatic heterocycles. The van der Waals surface area contributed by atoms with Crippen molar-refractivity contribution in [1.82, 2.24) is 9.97 Å². The molecule has 2 aromatic carbocycles. The molecule has 1 aliphatic carbocycles. The summed E-state index contributed by atoms with van der Waals surface area (Å²) in [6.07, 6.45) is 7.60. The number of halogens is 1. The van der Waals surface area contributed by atoms with Crippen molar-refractivity contribution in [2.75, 3.05) is 11.0 Å². The maximum atomic E-state index is 14.8. The van der Waals surface area contributed by atoms with E-state index in [1.807, 2.05) is 6.07 Å². The minimum Gasteiger partial charge on any atom is -0.345 e. The van der Waals surface area contributed by atoms with Gasteiger partial charge in [0.05, 0.1) is 10.8 Å². The molecule has 0 saturated heterocycles. The molecule has 1 aliphatic rings. The molecule has 0 bridgehead atoms. The average Bonchev–Trinajstić information content (AvgIpc) is 3.55. The summed E-state index contributed by atoms with van der Waals surface area (Å²) in [6.45, 7) is 0. The number of hydrogen-bond acceptors (Lipinski definition) is 5. The van der Waals surface area contributed by atoms with Crippen molar-refractivity contribution in [3.05, 3.63) is 77.9 Å². The fraction of sp³-hybridized carbons (Fsp3) is 0.231. The van der Waals surface area contributed by atoms with Crippen LogP contribution in [0.3, 0.4) is 0 Å². The highest BCUT2D eigenvalue weighted by Crippen LogP contribution is 2.30. The van der Waals surface area contributed by atoms with Crippen LogP contribution in [0, 0.1) is 5.82 Å². The first-order valence-corrected chi connectivity index (χ1v) is 14.6. The Labute approximate surface area is 210 Å². The van der Waals surface area contributed by atoms with Gasteiger partial charge in [0.15, 0.2) is 5.78 Å². The molecule has 2 N–H and O–H groups in total. The summed E-state index contributed by atoms with van der Waals surface area (Å²) in [7, 11) is -4.78. The zero-order valence-electron chi connectivity index (χ0n) is 19.5. The second-order valence-electron chi connectivity index (χ2n) is 8.88. The highest BCUT2D eigenvalue weighted by Gasteiger charge is 2.29. The van der Waals surface area contributed by atoms with Gasteiger partial charge < -0.3 is 4.98 Å². The van der Waals surface area contributed by atoms with E-state index in [1.165, 1.54) is 18.3 Å². The highest BCUT2D eigenvalue weighted by atomic mass is 32.2. The smallest absolute Gasteiger partial charge is 0.235 e. The Morgan fingerprint density at radius 3 is 2.61 bits per heavy atom. The Kier molecular flexibility index (Phi) is 6.48. The number of aromatic amines is 1. The van der Waals surface area contributed by atoms with E-state index in [9.17, 15) is 21.8 Å². The van der Waals surface area contributed by atoms with Crippen LogP contribution in [0.5, 0.6) is 0 Å². The molecule has 1 unspecified atom stereocenters. The zero-order chi connectivity index (χ0) is 25.4. The maximum Gasteiger partial charge on any atom is 0.235 e. The number of hydrogen-bond donors (Lipinski definition) is 2. The molecule has 0 radical (unpaired) electrons. The van der Waals surface area contributed by atoms with Gasteiger partial charge in [-0.2, -0.15) is 0 Å². The fourth-order valence-electron chi connectivity index (χ4n) is 4.56. The van der Waals surface area contributed by atoms with E-state index >= 15 is 0 Å². The second-order valence-corrected chi connectivity index (χ2v) is 12.2. The van der Waals surface area contributed by atoms with E-state index in [0.717, 1.165) is 24.5 Å². The van der Waals surface area contributed by atoms with E-state index < -0.39 is 37.7 Å². The number of sulfonamides is 1. The van der Waals surface area contributed by atoms with Crippen LogP contribution in [0.2, 0.25) is 0 Å². The number of nitrogens with zero attached hydrogens (tertiary/aromatic N) is 1.